The molecule has 1 rings (SSSR count). The lowest BCUT2D eigenvalue weighted by Gasteiger charge is -2.22. The molecule has 0 radical (unpaired) electrons. The molecule has 0 aromatic heterocycles. The monoisotopic (exact) mass is 319 g/mol. The molecule has 1 atom stereocenters. The number of aliphatic imine (C=N–C) groups is 1. The van der Waals surface area contributed by atoms with Crippen molar-refractivity contribution < 1.29 is 22.3 Å². The van der Waals surface area contributed by atoms with Gasteiger partial charge in [-0.1, -0.05) is 13.8 Å². The van der Waals surface area contributed by atoms with Gasteiger partial charge in [-0.3, -0.25) is 4.99 Å². The number of aryl methyl sites for hydroxylation is 1. The second kappa shape index (κ2) is 7.72. The van der Waals surface area contributed by atoms with Gasteiger partial charge >= 0.3 is 6.61 Å². The summed E-state index contributed by atoms with van der Waals surface area (Å²) in [5.74, 6) is -3.44. The normalized spacial score (nSPS) is 14.0. The lowest BCUT2D eigenvalue weighted by atomic mass is 9.91. The zero-order valence-electron chi connectivity index (χ0n) is 13.2. The highest BCUT2D eigenvalue weighted by Gasteiger charge is 2.35. The van der Waals surface area contributed by atoms with Gasteiger partial charge in [0, 0.05) is 11.8 Å². The Kier molecular flexibility index (Phi) is 6.53. The first-order chi connectivity index (χ1) is 10.2. The molecule has 22 heavy (non-hydrogen) atoms. The minimum atomic E-state index is -3.48. The van der Waals surface area contributed by atoms with Crippen molar-refractivity contribution in [3.05, 3.63) is 28.8 Å². The van der Waals surface area contributed by atoms with Crippen LogP contribution in [0.3, 0.4) is 0 Å². The van der Waals surface area contributed by atoms with Crippen LogP contribution in [0, 0.1) is 6.92 Å². The lowest BCUT2D eigenvalue weighted by Crippen LogP contribution is -2.24. The molecule has 1 unspecified atom stereocenters. The number of benzene rings is 1. The fraction of sp³-hybridized carbons (Fsp3) is 0.562. The molecule has 0 bridgehead atoms. The van der Waals surface area contributed by atoms with E-state index in [4.69, 9.17) is 0 Å². The van der Waals surface area contributed by atoms with Crippen LogP contribution in [0.4, 0.5) is 23.2 Å². The second-order valence-corrected chi connectivity index (χ2v) is 5.20. The van der Waals surface area contributed by atoms with E-state index in [1.165, 1.54) is 13.0 Å². The summed E-state index contributed by atoms with van der Waals surface area (Å²) >= 11 is 0. The van der Waals surface area contributed by atoms with E-state index >= 15 is 0 Å². The zero-order chi connectivity index (χ0) is 16.9. The van der Waals surface area contributed by atoms with Gasteiger partial charge in [-0.05, 0) is 49.4 Å². The Labute approximate surface area is 128 Å². The molecule has 1 aromatic rings. The molecule has 0 saturated heterocycles. The summed E-state index contributed by atoms with van der Waals surface area (Å²) in [6.45, 7) is 2.56. The molecular weight excluding hydrogens is 298 g/mol. The molecule has 0 aliphatic rings. The third-order valence-corrected chi connectivity index (χ3v) is 3.57. The summed E-state index contributed by atoms with van der Waals surface area (Å²) in [5, 5.41) is 0. The van der Waals surface area contributed by atoms with E-state index in [0.29, 0.717) is 16.8 Å². The molecule has 0 aliphatic heterocycles. The molecule has 124 valence electrons. The summed E-state index contributed by atoms with van der Waals surface area (Å²) < 4.78 is 56.2. The maximum absolute atomic E-state index is 14.1. The molecule has 0 N–H and O–H groups in total. The van der Waals surface area contributed by atoms with E-state index in [2.05, 4.69) is 9.73 Å². The fourth-order valence-corrected chi connectivity index (χ4v) is 2.21. The van der Waals surface area contributed by atoms with Crippen molar-refractivity contribution in [2.75, 3.05) is 6.61 Å². The van der Waals surface area contributed by atoms with Crippen LogP contribution < -0.4 is 0 Å². The number of ether oxygens (including phenoxy) is 1. The summed E-state index contributed by atoms with van der Waals surface area (Å²) in [6, 6.07) is 2.92. The quantitative estimate of drug-likeness (QED) is 0.476. The highest BCUT2D eigenvalue weighted by atomic mass is 19.3. The predicted molar refractivity (Wildman–Crippen MR) is 79.6 cm³/mol. The van der Waals surface area contributed by atoms with Crippen LogP contribution in [-0.2, 0) is 10.7 Å². The van der Waals surface area contributed by atoms with Crippen molar-refractivity contribution in [2.24, 2.45) is 4.99 Å². The van der Waals surface area contributed by atoms with Crippen LogP contribution >= 0.6 is 0 Å². The maximum atomic E-state index is 14.1. The number of hydrogen-bond donors (Lipinski definition) is 0. The zero-order valence-corrected chi connectivity index (χ0v) is 13.2. The van der Waals surface area contributed by atoms with Gasteiger partial charge < -0.3 is 4.74 Å². The Morgan fingerprint density at radius 2 is 1.95 bits per heavy atom. The summed E-state index contributed by atoms with van der Waals surface area (Å²) in [7, 11) is 0. The van der Waals surface area contributed by atoms with E-state index in [9.17, 15) is 17.6 Å². The largest absolute Gasteiger partial charge is 0.345 e. The van der Waals surface area contributed by atoms with E-state index in [-0.39, 0.29) is 11.5 Å². The van der Waals surface area contributed by atoms with Crippen molar-refractivity contribution in [2.45, 2.75) is 52.6 Å². The van der Waals surface area contributed by atoms with Crippen LogP contribution in [0.5, 0.6) is 0 Å². The molecule has 2 nitrogen and oxygen atoms in total. The third-order valence-electron chi connectivity index (χ3n) is 3.57. The molecule has 0 spiro atoms. The minimum absolute atomic E-state index is 0.0323. The molecular formula is C16H21F4NO. The van der Waals surface area contributed by atoms with E-state index in [1.54, 1.807) is 19.2 Å². The summed E-state index contributed by atoms with van der Waals surface area (Å²) in [6.07, 6.45) is 2.35. The SMILES string of the molecule is CC=Nc1cc(C)c(C(F)(F)COC(F)F)cc1C(C)CC. The summed E-state index contributed by atoms with van der Waals surface area (Å²) in [5.41, 5.74) is 1.32. The Bertz CT molecular complexity index is 529. The number of rotatable bonds is 7. The Balaban J connectivity index is 3.30. The number of nitrogens with zero attached hydrogens (tertiary/aromatic N) is 1. The van der Waals surface area contributed by atoms with Crippen LogP contribution in [0.1, 0.15) is 49.8 Å². The van der Waals surface area contributed by atoms with Crippen LogP contribution in [0.2, 0.25) is 0 Å². The van der Waals surface area contributed by atoms with Gasteiger partial charge in [-0.2, -0.15) is 17.6 Å². The standard InChI is InChI=1S/C16H21F4NO/c1-5-10(3)12-8-13(11(4)7-14(12)21-6-2)16(19,20)9-22-15(17)18/h6-8,10,15H,5,9H2,1-4H3. The molecule has 1 aromatic carbocycles. The van der Waals surface area contributed by atoms with Crippen LogP contribution in [0.25, 0.3) is 0 Å². The first-order valence-electron chi connectivity index (χ1n) is 7.14. The van der Waals surface area contributed by atoms with Gasteiger partial charge in [-0.15, -0.1) is 0 Å². The van der Waals surface area contributed by atoms with Gasteiger partial charge in [0.1, 0.15) is 6.61 Å². The second-order valence-electron chi connectivity index (χ2n) is 5.20. The van der Waals surface area contributed by atoms with Gasteiger partial charge in [0.25, 0.3) is 5.92 Å². The molecule has 0 saturated carbocycles. The molecule has 0 fully saturated rings. The Morgan fingerprint density at radius 1 is 1.32 bits per heavy atom. The average Bonchev–Trinajstić information content (AvgIpc) is 2.44. The Hall–Kier alpha value is -1.43. The molecule has 6 heteroatoms. The predicted octanol–water partition coefficient (Wildman–Crippen LogP) is 5.56. The Morgan fingerprint density at radius 3 is 2.45 bits per heavy atom. The van der Waals surface area contributed by atoms with Crippen LogP contribution in [-0.4, -0.2) is 19.4 Å². The van der Waals surface area contributed by atoms with Gasteiger partial charge in [-0.25, -0.2) is 0 Å². The lowest BCUT2D eigenvalue weighted by molar-refractivity contribution is -0.185. The van der Waals surface area contributed by atoms with Crippen molar-refractivity contribution >= 4 is 11.9 Å². The van der Waals surface area contributed by atoms with Crippen molar-refractivity contribution in [1.29, 1.82) is 0 Å². The van der Waals surface area contributed by atoms with E-state index in [1.807, 2.05) is 13.8 Å². The first-order valence-corrected chi connectivity index (χ1v) is 7.14. The highest BCUT2D eigenvalue weighted by molar-refractivity contribution is 5.64. The van der Waals surface area contributed by atoms with Crippen molar-refractivity contribution in [3.63, 3.8) is 0 Å². The van der Waals surface area contributed by atoms with Gasteiger partial charge in [0.15, 0.2) is 0 Å². The smallest absolute Gasteiger partial charge is 0.316 e. The van der Waals surface area contributed by atoms with Crippen molar-refractivity contribution in [3.8, 4) is 0 Å². The van der Waals surface area contributed by atoms with Crippen molar-refractivity contribution in [1.82, 2.24) is 0 Å². The van der Waals surface area contributed by atoms with E-state index in [0.717, 1.165) is 6.42 Å². The fourth-order valence-electron chi connectivity index (χ4n) is 2.21. The minimum Gasteiger partial charge on any atom is -0.316 e. The summed E-state index contributed by atoms with van der Waals surface area (Å²) in [4.78, 5) is 4.21. The van der Waals surface area contributed by atoms with Crippen LogP contribution in [0.15, 0.2) is 17.1 Å². The molecule has 0 aliphatic carbocycles. The first kappa shape index (κ1) is 18.6. The maximum Gasteiger partial charge on any atom is 0.345 e. The molecule has 0 heterocycles. The van der Waals surface area contributed by atoms with E-state index < -0.39 is 19.1 Å². The molecule has 0 amide bonds. The number of alkyl halides is 4. The number of hydrogen-bond acceptors (Lipinski definition) is 2. The van der Waals surface area contributed by atoms with Gasteiger partial charge in [0.2, 0.25) is 0 Å². The number of halogens is 4. The van der Waals surface area contributed by atoms with Gasteiger partial charge in [0.05, 0.1) is 5.69 Å². The third kappa shape index (κ3) is 4.53. The highest BCUT2D eigenvalue weighted by Crippen LogP contribution is 2.38. The topological polar surface area (TPSA) is 21.6 Å². The average molecular weight is 319 g/mol.